The highest BCUT2D eigenvalue weighted by Gasteiger charge is 2.57. The van der Waals surface area contributed by atoms with Crippen molar-refractivity contribution >= 4 is 5.91 Å². The molecular formula is C31H60N2O7. The van der Waals surface area contributed by atoms with E-state index < -0.39 is 29.7 Å². The van der Waals surface area contributed by atoms with Crippen LogP contribution in [0.3, 0.4) is 0 Å². The first-order valence-corrected chi connectivity index (χ1v) is 16.0. The maximum Gasteiger partial charge on any atom is 0.254 e. The minimum atomic E-state index is -1.21. The largest absolute Gasteiger partial charge is 0.376 e. The summed E-state index contributed by atoms with van der Waals surface area (Å²) in [5, 5.41) is 0. The Morgan fingerprint density at radius 1 is 0.800 bits per heavy atom. The van der Waals surface area contributed by atoms with E-state index in [1.807, 2.05) is 18.7 Å². The number of likely N-dealkylation sites (N-methyl/N-ethyl adjacent to an activating group) is 1. The third-order valence-corrected chi connectivity index (χ3v) is 7.55. The molecule has 2 rings (SSSR count). The molecule has 0 N–H and O–H groups in total. The zero-order valence-corrected chi connectivity index (χ0v) is 26.7. The van der Waals surface area contributed by atoms with Crippen molar-refractivity contribution in [3.63, 3.8) is 0 Å². The van der Waals surface area contributed by atoms with Crippen LogP contribution in [0.5, 0.6) is 0 Å². The molecule has 0 saturated carbocycles. The molecule has 236 valence electrons. The van der Waals surface area contributed by atoms with E-state index in [1.165, 1.54) is 0 Å². The molecule has 2 saturated heterocycles. The summed E-state index contributed by atoms with van der Waals surface area (Å²) in [4.78, 5) is 18.3. The minimum absolute atomic E-state index is 0.0471. The molecule has 0 spiro atoms. The number of ether oxygens (including phenoxy) is 6. The van der Waals surface area contributed by atoms with E-state index in [1.54, 1.807) is 0 Å². The molecule has 4 atom stereocenters. The molecule has 2 aliphatic rings. The van der Waals surface area contributed by atoms with E-state index in [2.05, 4.69) is 39.6 Å². The van der Waals surface area contributed by atoms with Crippen molar-refractivity contribution in [1.82, 2.24) is 9.80 Å². The van der Waals surface area contributed by atoms with Gasteiger partial charge >= 0.3 is 0 Å². The molecule has 0 aromatic carbocycles. The molecule has 1 unspecified atom stereocenters. The molecule has 9 nitrogen and oxygen atoms in total. The summed E-state index contributed by atoms with van der Waals surface area (Å²) < 4.78 is 39.0. The van der Waals surface area contributed by atoms with Gasteiger partial charge < -0.3 is 38.2 Å². The number of carbonyl (C=O) groups is 1. The quantitative estimate of drug-likeness (QED) is 0.184. The summed E-state index contributed by atoms with van der Waals surface area (Å²) >= 11 is 0. The lowest BCUT2D eigenvalue weighted by atomic mass is 9.97. The van der Waals surface area contributed by atoms with Gasteiger partial charge in [-0.3, -0.25) is 4.79 Å². The highest BCUT2D eigenvalue weighted by Crippen LogP contribution is 2.39. The predicted molar refractivity (Wildman–Crippen MR) is 158 cm³/mol. The first-order valence-electron chi connectivity index (χ1n) is 16.0. The first-order chi connectivity index (χ1) is 19.2. The zero-order valence-electron chi connectivity index (χ0n) is 26.7. The molecule has 0 aromatic heterocycles. The predicted octanol–water partition coefficient (Wildman–Crippen LogP) is 4.65. The number of piperazine rings is 1. The molecule has 2 aliphatic heterocycles. The standard InChI is InChI=1S/C31H60N2O7/c1-8-12-20-35-25-31(39-24-30(5,6)40-31)28(38-23-15-11-4)26(36-21-13-9-2)27(37-22-14-10-3)29(34)33-18-16-32(7)17-19-33/h26-28H,8-25H2,1-7H3/t26-,27-,28+,31?/m1/s1. The van der Waals surface area contributed by atoms with E-state index >= 15 is 0 Å². The minimum Gasteiger partial charge on any atom is -0.376 e. The van der Waals surface area contributed by atoms with Crippen molar-refractivity contribution in [2.75, 3.05) is 72.9 Å². The van der Waals surface area contributed by atoms with Crippen LogP contribution in [0.4, 0.5) is 0 Å². The van der Waals surface area contributed by atoms with Crippen molar-refractivity contribution in [1.29, 1.82) is 0 Å². The molecule has 2 fully saturated rings. The smallest absolute Gasteiger partial charge is 0.254 e. The van der Waals surface area contributed by atoms with Gasteiger partial charge in [0.1, 0.15) is 18.8 Å². The van der Waals surface area contributed by atoms with Crippen LogP contribution in [0, 0.1) is 0 Å². The summed E-state index contributed by atoms with van der Waals surface area (Å²) in [5.41, 5.74) is -0.533. The highest BCUT2D eigenvalue weighted by atomic mass is 16.8. The Bertz CT molecular complexity index is 687. The fourth-order valence-electron chi connectivity index (χ4n) is 4.97. The molecule has 2 heterocycles. The summed E-state index contributed by atoms with van der Waals surface area (Å²) in [7, 11) is 2.09. The number of rotatable bonds is 21. The second-order valence-corrected chi connectivity index (χ2v) is 12.0. The Kier molecular flexibility index (Phi) is 16.5. The Morgan fingerprint density at radius 3 is 1.90 bits per heavy atom. The molecule has 0 aromatic rings. The van der Waals surface area contributed by atoms with Gasteiger partial charge in [-0.1, -0.05) is 53.4 Å². The monoisotopic (exact) mass is 572 g/mol. The second kappa shape index (κ2) is 18.7. The Hall–Kier alpha value is -0.810. The van der Waals surface area contributed by atoms with E-state index in [9.17, 15) is 4.79 Å². The average Bonchev–Trinajstić information content (AvgIpc) is 3.25. The maximum absolute atomic E-state index is 14.2. The topological polar surface area (TPSA) is 78.9 Å². The van der Waals surface area contributed by atoms with Crippen LogP contribution in [-0.2, 0) is 33.2 Å². The third-order valence-electron chi connectivity index (χ3n) is 7.55. The summed E-state index contributed by atoms with van der Waals surface area (Å²) in [6.45, 7) is 18.2. The number of amides is 1. The lowest BCUT2D eigenvalue weighted by molar-refractivity contribution is -0.301. The van der Waals surface area contributed by atoms with Crippen molar-refractivity contribution in [2.24, 2.45) is 0 Å². The van der Waals surface area contributed by atoms with Gasteiger partial charge in [0.05, 0.1) is 12.2 Å². The lowest BCUT2D eigenvalue weighted by Crippen LogP contribution is -2.63. The first kappa shape index (κ1) is 35.4. The lowest BCUT2D eigenvalue weighted by Gasteiger charge is -2.43. The maximum atomic E-state index is 14.2. The average molecular weight is 573 g/mol. The summed E-state index contributed by atoms with van der Waals surface area (Å²) in [6, 6.07) is 0. The Labute approximate surface area is 244 Å². The number of hydrogen-bond donors (Lipinski definition) is 0. The van der Waals surface area contributed by atoms with Crippen molar-refractivity contribution < 1.29 is 33.2 Å². The van der Waals surface area contributed by atoms with E-state index in [0.29, 0.717) is 46.1 Å². The number of hydrogen-bond acceptors (Lipinski definition) is 8. The second-order valence-electron chi connectivity index (χ2n) is 12.0. The third kappa shape index (κ3) is 11.1. The van der Waals surface area contributed by atoms with E-state index in [0.717, 1.165) is 64.5 Å². The van der Waals surface area contributed by atoms with Crippen molar-refractivity contribution in [2.45, 2.75) is 123 Å². The van der Waals surface area contributed by atoms with Crippen molar-refractivity contribution in [3.8, 4) is 0 Å². The van der Waals surface area contributed by atoms with Crippen LogP contribution in [0.25, 0.3) is 0 Å². The zero-order chi connectivity index (χ0) is 29.4. The van der Waals surface area contributed by atoms with Crippen LogP contribution < -0.4 is 0 Å². The molecule has 0 bridgehead atoms. The summed E-state index contributed by atoms with van der Waals surface area (Å²) in [6.07, 6.45) is 5.28. The van der Waals surface area contributed by atoms with Gasteiger partial charge in [-0.25, -0.2) is 0 Å². The highest BCUT2D eigenvalue weighted by molar-refractivity contribution is 5.82. The summed E-state index contributed by atoms with van der Waals surface area (Å²) in [5.74, 6) is -1.26. The van der Waals surface area contributed by atoms with Crippen LogP contribution in [0.2, 0.25) is 0 Å². The molecule has 1 amide bonds. The van der Waals surface area contributed by atoms with Crippen LogP contribution in [0.15, 0.2) is 0 Å². The molecule has 9 heteroatoms. The fraction of sp³-hybridized carbons (Fsp3) is 0.968. The van der Waals surface area contributed by atoms with Gasteiger partial charge in [-0.05, 0) is 46.6 Å². The van der Waals surface area contributed by atoms with Gasteiger partial charge in [0.25, 0.3) is 5.91 Å². The normalized spacial score (nSPS) is 23.8. The van der Waals surface area contributed by atoms with Crippen molar-refractivity contribution in [3.05, 3.63) is 0 Å². The van der Waals surface area contributed by atoms with Crippen LogP contribution in [-0.4, -0.2) is 118 Å². The molecule has 0 radical (unpaired) electrons. The SMILES string of the molecule is CCCCOCC1([C@@H](OCCCC)[C@H](OCCCC)[C@@H](OCCCC)C(=O)N2CCN(C)CC2)OCC(C)(C)O1. The Morgan fingerprint density at radius 2 is 1.35 bits per heavy atom. The van der Waals surface area contributed by atoms with Crippen LogP contribution >= 0.6 is 0 Å². The fourth-order valence-corrected chi connectivity index (χ4v) is 4.97. The number of carbonyl (C=O) groups excluding carboxylic acids is 1. The molecule has 0 aliphatic carbocycles. The van der Waals surface area contributed by atoms with E-state index in [-0.39, 0.29) is 12.5 Å². The Balaban J connectivity index is 2.50. The molecular weight excluding hydrogens is 512 g/mol. The van der Waals surface area contributed by atoms with E-state index in [4.69, 9.17) is 28.4 Å². The number of nitrogens with zero attached hydrogens (tertiary/aromatic N) is 2. The van der Waals surface area contributed by atoms with Gasteiger partial charge in [0.15, 0.2) is 6.10 Å². The van der Waals surface area contributed by atoms with Gasteiger partial charge in [0.2, 0.25) is 5.79 Å². The molecule has 40 heavy (non-hydrogen) atoms. The van der Waals surface area contributed by atoms with Crippen LogP contribution in [0.1, 0.15) is 92.9 Å². The van der Waals surface area contributed by atoms with Gasteiger partial charge in [0, 0.05) is 52.6 Å². The van der Waals surface area contributed by atoms with Gasteiger partial charge in [-0.15, -0.1) is 0 Å². The van der Waals surface area contributed by atoms with Gasteiger partial charge in [-0.2, -0.15) is 0 Å². The number of unbranched alkanes of at least 4 members (excludes halogenated alkanes) is 4.